The summed E-state index contributed by atoms with van der Waals surface area (Å²) in [5.74, 6) is 0.201. The lowest BCUT2D eigenvalue weighted by Crippen LogP contribution is -2.00. The number of halogens is 1. The molecule has 0 aliphatic carbocycles. The zero-order valence-electron chi connectivity index (χ0n) is 9.56. The highest BCUT2D eigenvalue weighted by Gasteiger charge is 2.11. The zero-order valence-corrected chi connectivity index (χ0v) is 9.56. The van der Waals surface area contributed by atoms with Crippen LogP contribution in [-0.4, -0.2) is 15.8 Å². The first-order chi connectivity index (χ1) is 8.26. The summed E-state index contributed by atoms with van der Waals surface area (Å²) in [5, 5.41) is 0. The smallest absolute Gasteiger partial charge is 0.150 e. The van der Waals surface area contributed by atoms with Gasteiger partial charge < -0.3 is 4.57 Å². The third-order valence-corrected chi connectivity index (χ3v) is 2.55. The Morgan fingerprint density at radius 1 is 1.47 bits per heavy atom. The Morgan fingerprint density at radius 3 is 3.00 bits per heavy atom. The predicted octanol–water partition coefficient (Wildman–Crippen LogP) is 2.91. The lowest BCUT2D eigenvalue weighted by atomic mass is 10.1. The molecule has 0 spiro atoms. The van der Waals surface area contributed by atoms with Crippen molar-refractivity contribution in [3.8, 4) is 11.4 Å². The van der Waals surface area contributed by atoms with Crippen LogP contribution in [0.1, 0.15) is 23.7 Å². The highest BCUT2D eigenvalue weighted by molar-refractivity contribution is 5.77. The van der Waals surface area contributed by atoms with Crippen molar-refractivity contribution in [2.75, 3.05) is 0 Å². The third kappa shape index (κ3) is 2.25. The summed E-state index contributed by atoms with van der Waals surface area (Å²) in [5.41, 5.74) is 0.820. The minimum Gasteiger partial charge on any atom is -0.331 e. The third-order valence-electron chi connectivity index (χ3n) is 2.55. The summed E-state index contributed by atoms with van der Waals surface area (Å²) in [6.07, 6.45) is 5.10. The van der Waals surface area contributed by atoms with Crippen LogP contribution in [0.2, 0.25) is 0 Å². The second kappa shape index (κ2) is 4.91. The quantitative estimate of drug-likeness (QED) is 0.760. The molecule has 2 aromatic rings. The summed E-state index contributed by atoms with van der Waals surface area (Å²) in [7, 11) is 0. The number of carbonyl (C=O) groups excluding carboxylic acids is 1. The molecule has 1 heterocycles. The van der Waals surface area contributed by atoms with E-state index in [0.717, 1.165) is 13.0 Å². The van der Waals surface area contributed by atoms with E-state index < -0.39 is 0 Å². The topological polar surface area (TPSA) is 34.9 Å². The van der Waals surface area contributed by atoms with Gasteiger partial charge in [-0.25, -0.2) is 9.37 Å². The summed E-state index contributed by atoms with van der Waals surface area (Å²) in [6, 6.07) is 4.28. The number of aromatic nitrogens is 2. The highest BCUT2D eigenvalue weighted by atomic mass is 19.1. The second-order valence-corrected chi connectivity index (χ2v) is 3.80. The van der Waals surface area contributed by atoms with Crippen LogP contribution < -0.4 is 0 Å². The summed E-state index contributed by atoms with van der Waals surface area (Å²) in [6.45, 7) is 2.82. The molecule has 88 valence electrons. The van der Waals surface area contributed by atoms with Gasteiger partial charge in [-0.1, -0.05) is 6.92 Å². The van der Waals surface area contributed by atoms with Crippen LogP contribution in [0, 0.1) is 5.82 Å². The van der Waals surface area contributed by atoms with Crippen LogP contribution in [0.25, 0.3) is 11.4 Å². The predicted molar refractivity (Wildman–Crippen MR) is 63.3 cm³/mol. The van der Waals surface area contributed by atoms with Gasteiger partial charge in [-0.15, -0.1) is 0 Å². The zero-order chi connectivity index (χ0) is 12.3. The molecule has 1 aromatic heterocycles. The van der Waals surface area contributed by atoms with E-state index in [1.165, 1.54) is 18.2 Å². The van der Waals surface area contributed by atoms with Crippen molar-refractivity contribution in [3.05, 3.63) is 42.0 Å². The van der Waals surface area contributed by atoms with Gasteiger partial charge in [-0.2, -0.15) is 0 Å². The maximum Gasteiger partial charge on any atom is 0.150 e. The van der Waals surface area contributed by atoms with Gasteiger partial charge >= 0.3 is 0 Å². The first-order valence-corrected chi connectivity index (χ1v) is 5.52. The number of hydrogen-bond donors (Lipinski definition) is 0. The molecule has 0 radical (unpaired) electrons. The van der Waals surface area contributed by atoms with E-state index in [9.17, 15) is 9.18 Å². The molecule has 2 rings (SSSR count). The van der Waals surface area contributed by atoms with Gasteiger partial charge in [0.1, 0.15) is 17.9 Å². The molecule has 4 heteroatoms. The van der Waals surface area contributed by atoms with Crippen LogP contribution in [0.5, 0.6) is 0 Å². The average molecular weight is 232 g/mol. The molecule has 0 bridgehead atoms. The van der Waals surface area contributed by atoms with Gasteiger partial charge in [0.15, 0.2) is 0 Å². The molecule has 1 aromatic carbocycles. The van der Waals surface area contributed by atoms with Crippen molar-refractivity contribution in [2.24, 2.45) is 0 Å². The molecular formula is C13H13FN2O. The summed E-state index contributed by atoms with van der Waals surface area (Å²) < 4.78 is 15.6. The maximum absolute atomic E-state index is 13.7. The lowest BCUT2D eigenvalue weighted by Gasteiger charge is -2.07. The Bertz CT molecular complexity index is 534. The van der Waals surface area contributed by atoms with Gasteiger partial charge in [0.25, 0.3) is 0 Å². The van der Waals surface area contributed by atoms with Crippen LogP contribution >= 0.6 is 0 Å². The van der Waals surface area contributed by atoms with E-state index in [2.05, 4.69) is 4.98 Å². The van der Waals surface area contributed by atoms with E-state index in [1.54, 1.807) is 6.20 Å². The van der Waals surface area contributed by atoms with Gasteiger partial charge in [0.05, 0.1) is 5.56 Å². The molecule has 0 fully saturated rings. The number of rotatable bonds is 4. The van der Waals surface area contributed by atoms with Gasteiger partial charge in [0.2, 0.25) is 0 Å². The fourth-order valence-electron chi connectivity index (χ4n) is 1.76. The van der Waals surface area contributed by atoms with E-state index >= 15 is 0 Å². The Balaban J connectivity index is 2.51. The maximum atomic E-state index is 13.7. The van der Waals surface area contributed by atoms with Gasteiger partial charge in [0, 0.05) is 24.5 Å². The Labute approximate surface area is 98.9 Å². The van der Waals surface area contributed by atoms with Gasteiger partial charge in [-0.05, 0) is 24.6 Å². The van der Waals surface area contributed by atoms with Crippen LogP contribution in [-0.2, 0) is 6.54 Å². The van der Waals surface area contributed by atoms with Crippen molar-refractivity contribution in [1.29, 1.82) is 0 Å². The number of aldehydes is 1. The number of carbonyl (C=O) groups is 1. The molecule has 17 heavy (non-hydrogen) atoms. The Hall–Kier alpha value is -1.97. The van der Waals surface area contributed by atoms with Gasteiger partial charge in [-0.3, -0.25) is 4.79 Å². The lowest BCUT2D eigenvalue weighted by molar-refractivity contribution is 0.112. The molecule has 0 aliphatic heterocycles. The number of nitrogens with zero attached hydrogens (tertiary/aromatic N) is 2. The minimum atomic E-state index is -0.362. The van der Waals surface area contributed by atoms with Crippen molar-refractivity contribution in [3.63, 3.8) is 0 Å². The van der Waals surface area contributed by atoms with Crippen LogP contribution in [0.4, 0.5) is 4.39 Å². The molecule has 0 aliphatic rings. The van der Waals surface area contributed by atoms with Crippen molar-refractivity contribution in [1.82, 2.24) is 9.55 Å². The second-order valence-electron chi connectivity index (χ2n) is 3.80. The molecule has 3 nitrogen and oxygen atoms in total. The van der Waals surface area contributed by atoms with E-state index in [1.807, 2.05) is 17.7 Å². The first-order valence-electron chi connectivity index (χ1n) is 5.52. The highest BCUT2D eigenvalue weighted by Crippen LogP contribution is 2.22. The van der Waals surface area contributed by atoms with Crippen LogP contribution in [0.15, 0.2) is 30.6 Å². The Kier molecular flexibility index (Phi) is 3.32. The van der Waals surface area contributed by atoms with Crippen molar-refractivity contribution >= 4 is 6.29 Å². The molecule has 0 saturated carbocycles. The number of benzene rings is 1. The standard InChI is InChI=1S/C13H13FN2O/c1-2-6-16-7-5-15-13(16)11-8-10(9-17)3-4-12(11)14/h3-5,7-9H,2,6H2,1H3. The molecule has 0 atom stereocenters. The average Bonchev–Trinajstić information content (AvgIpc) is 2.78. The first kappa shape index (κ1) is 11.5. The monoisotopic (exact) mass is 232 g/mol. The summed E-state index contributed by atoms with van der Waals surface area (Å²) in [4.78, 5) is 14.8. The molecule has 0 saturated heterocycles. The SMILES string of the molecule is CCCn1ccnc1-c1cc(C=O)ccc1F. The summed E-state index contributed by atoms with van der Waals surface area (Å²) >= 11 is 0. The molecule has 0 amide bonds. The number of aryl methyl sites for hydroxylation is 1. The largest absolute Gasteiger partial charge is 0.331 e. The Morgan fingerprint density at radius 2 is 2.29 bits per heavy atom. The van der Waals surface area contributed by atoms with Crippen molar-refractivity contribution in [2.45, 2.75) is 19.9 Å². The normalized spacial score (nSPS) is 10.5. The molecule has 0 unspecified atom stereocenters. The molecule has 0 N–H and O–H groups in total. The molecular weight excluding hydrogens is 219 g/mol. The minimum absolute atomic E-state index is 0.362. The fourth-order valence-corrected chi connectivity index (χ4v) is 1.76. The van der Waals surface area contributed by atoms with E-state index in [4.69, 9.17) is 0 Å². The fraction of sp³-hybridized carbons (Fsp3) is 0.231. The number of hydrogen-bond acceptors (Lipinski definition) is 2. The number of imidazole rings is 1. The van der Waals surface area contributed by atoms with E-state index in [0.29, 0.717) is 23.2 Å². The van der Waals surface area contributed by atoms with Crippen molar-refractivity contribution < 1.29 is 9.18 Å². The van der Waals surface area contributed by atoms with E-state index in [-0.39, 0.29) is 5.82 Å². The van der Waals surface area contributed by atoms with Crippen LogP contribution in [0.3, 0.4) is 0 Å².